The van der Waals surface area contributed by atoms with Crippen LogP contribution in [0.5, 0.6) is 17.2 Å². The highest BCUT2D eigenvalue weighted by atomic mass is 35.5. The molecule has 4 fully saturated rings. The van der Waals surface area contributed by atoms with Crippen molar-refractivity contribution in [3.63, 3.8) is 0 Å². The Hall–Kier alpha value is -3.18. The quantitative estimate of drug-likeness (QED) is 0.310. The molecule has 0 saturated heterocycles. The number of ether oxygens (including phenoxy) is 2. The number of hydrogen-bond acceptors (Lipinski definition) is 4. The van der Waals surface area contributed by atoms with Gasteiger partial charge in [-0.3, -0.25) is 0 Å². The van der Waals surface area contributed by atoms with Crippen LogP contribution in [0.25, 0.3) is 0 Å². The maximum Gasteiger partial charge on any atom is 0.337 e. The van der Waals surface area contributed by atoms with Crippen molar-refractivity contribution < 1.29 is 19.4 Å². The van der Waals surface area contributed by atoms with Crippen molar-refractivity contribution >= 4 is 28.9 Å². The monoisotopic (exact) mass is 545 g/mol. The zero-order chi connectivity index (χ0) is 27.6. The molecule has 2 unspecified atom stereocenters. The molecule has 39 heavy (non-hydrogen) atoms. The molecule has 0 aliphatic heterocycles. The first kappa shape index (κ1) is 26.1. The third-order valence-electron chi connectivity index (χ3n) is 9.32. The molecule has 7 rings (SSSR count). The van der Waals surface area contributed by atoms with E-state index in [-0.39, 0.29) is 11.0 Å². The molecule has 3 aromatic rings. The lowest BCUT2D eigenvalue weighted by Crippen LogP contribution is -2.56. The number of methoxy groups -OCH3 is 1. The first-order chi connectivity index (χ1) is 18.5. The number of carbonyl (C=O) groups is 1. The Balaban J connectivity index is 1.21. The molecule has 0 radical (unpaired) electrons. The number of rotatable bonds is 7. The van der Waals surface area contributed by atoms with Crippen LogP contribution in [-0.4, -0.2) is 18.2 Å². The molecule has 4 aliphatic carbocycles. The van der Waals surface area contributed by atoms with E-state index in [1.54, 1.807) is 12.1 Å². The summed E-state index contributed by atoms with van der Waals surface area (Å²) in [5, 5.41) is 13.5. The van der Waals surface area contributed by atoms with Crippen LogP contribution in [0, 0.1) is 23.7 Å². The van der Waals surface area contributed by atoms with Gasteiger partial charge in [0, 0.05) is 5.69 Å². The Morgan fingerprint density at radius 2 is 1.62 bits per heavy atom. The maximum absolute atomic E-state index is 11.8. The van der Waals surface area contributed by atoms with E-state index in [0.29, 0.717) is 38.8 Å². The van der Waals surface area contributed by atoms with Gasteiger partial charge in [-0.05, 0) is 127 Å². The molecule has 4 aliphatic rings. The highest BCUT2D eigenvalue weighted by molar-refractivity contribution is 6.32. The molecule has 0 aromatic heterocycles. The fraction of sp³-hybridized carbons (Fsp3) is 0.424. The summed E-state index contributed by atoms with van der Waals surface area (Å²) in [6.45, 7) is 6.96. The highest BCUT2D eigenvalue weighted by Gasteiger charge is 2.60. The molecule has 5 nitrogen and oxygen atoms in total. The van der Waals surface area contributed by atoms with Crippen molar-refractivity contribution in [1.29, 1.82) is 0 Å². The zero-order valence-electron chi connectivity index (χ0n) is 23.1. The van der Waals surface area contributed by atoms with Crippen molar-refractivity contribution in [2.24, 2.45) is 16.7 Å². The summed E-state index contributed by atoms with van der Waals surface area (Å²) < 4.78 is 11.4. The topological polar surface area (TPSA) is 67.8 Å². The van der Waals surface area contributed by atoms with Crippen LogP contribution in [0.3, 0.4) is 0 Å². The van der Waals surface area contributed by atoms with Crippen LogP contribution in [0.1, 0.15) is 73.9 Å². The van der Waals surface area contributed by atoms with Crippen LogP contribution >= 0.6 is 11.6 Å². The summed E-state index contributed by atoms with van der Waals surface area (Å²) in [4.78, 5) is 11.8. The van der Waals surface area contributed by atoms with Crippen molar-refractivity contribution in [2.45, 2.75) is 64.7 Å². The van der Waals surface area contributed by atoms with Crippen LogP contribution in [0.4, 0.5) is 11.4 Å². The number of aromatic carboxylic acids is 1. The van der Waals surface area contributed by atoms with E-state index in [0.717, 1.165) is 17.2 Å². The van der Waals surface area contributed by atoms with Crippen molar-refractivity contribution in [1.82, 2.24) is 0 Å². The molecular formula is C33H36ClNO4. The zero-order valence-corrected chi connectivity index (χ0v) is 23.8. The summed E-state index contributed by atoms with van der Waals surface area (Å²) in [5.41, 5.74) is 4.83. The van der Waals surface area contributed by atoms with Crippen molar-refractivity contribution in [3.8, 4) is 17.2 Å². The van der Waals surface area contributed by atoms with E-state index in [1.165, 1.54) is 57.3 Å². The first-order valence-corrected chi connectivity index (χ1v) is 14.1. The van der Waals surface area contributed by atoms with Gasteiger partial charge in [0.05, 0.1) is 23.4 Å². The SMILES string of the molecule is COc1ccc(Nc2ccc(Oc3ccc(C45CC6CC(C)(CC(C)(C6)C4)C5)cc3Cl)cc2C)c(C(=O)O)c1. The smallest absolute Gasteiger partial charge is 0.337 e. The third-order valence-corrected chi connectivity index (χ3v) is 9.62. The molecule has 4 saturated carbocycles. The number of hydrogen-bond donors (Lipinski definition) is 2. The molecule has 0 amide bonds. The normalized spacial score (nSPS) is 28.8. The summed E-state index contributed by atoms with van der Waals surface area (Å²) in [7, 11) is 1.51. The molecule has 0 spiro atoms. The van der Waals surface area contributed by atoms with Crippen LogP contribution in [0.15, 0.2) is 54.6 Å². The lowest BCUT2D eigenvalue weighted by molar-refractivity contribution is -0.110. The van der Waals surface area contributed by atoms with E-state index in [4.69, 9.17) is 21.1 Å². The molecule has 0 heterocycles. The molecule has 204 valence electrons. The summed E-state index contributed by atoms with van der Waals surface area (Å²) >= 11 is 6.84. The van der Waals surface area contributed by atoms with Crippen LogP contribution in [0.2, 0.25) is 5.02 Å². The van der Waals surface area contributed by atoms with Gasteiger partial charge >= 0.3 is 5.97 Å². The molecule has 3 aromatic carbocycles. The minimum atomic E-state index is -1.02. The Labute approximate surface area is 235 Å². The molecule has 2 atom stereocenters. The number of anilines is 2. The number of carboxylic acid groups (broad SMARTS) is 1. The van der Waals surface area contributed by atoms with Gasteiger partial charge in [0.1, 0.15) is 17.2 Å². The fourth-order valence-corrected chi connectivity index (χ4v) is 8.95. The van der Waals surface area contributed by atoms with Gasteiger partial charge in [-0.1, -0.05) is 31.5 Å². The van der Waals surface area contributed by atoms with E-state index in [9.17, 15) is 9.90 Å². The number of benzene rings is 3. The van der Waals surface area contributed by atoms with Gasteiger partial charge in [-0.2, -0.15) is 0 Å². The standard InChI is InChI=1S/C33H36ClNO4/c1-20-11-24(7-8-27(20)35-28-9-6-23(38-4)13-25(28)30(36)37)39-29-10-5-22(12-26(29)34)33-16-21-14-31(2,18-33)17-32(3,15-21)19-33/h5-13,21,35H,14-19H2,1-4H3,(H,36,37). The molecule has 6 heteroatoms. The van der Waals surface area contributed by atoms with Gasteiger partial charge in [0.25, 0.3) is 0 Å². The molecule has 2 N–H and O–H groups in total. The van der Waals surface area contributed by atoms with E-state index in [1.807, 2.05) is 31.2 Å². The average molecular weight is 546 g/mol. The van der Waals surface area contributed by atoms with Gasteiger partial charge in [0.2, 0.25) is 0 Å². The predicted octanol–water partition coefficient (Wildman–Crippen LogP) is 9.14. The van der Waals surface area contributed by atoms with Crippen LogP contribution < -0.4 is 14.8 Å². The van der Waals surface area contributed by atoms with Crippen molar-refractivity contribution in [2.75, 3.05) is 12.4 Å². The van der Waals surface area contributed by atoms with E-state index < -0.39 is 5.97 Å². The number of carboxylic acids is 1. The largest absolute Gasteiger partial charge is 0.497 e. The highest BCUT2D eigenvalue weighted by Crippen LogP contribution is 2.70. The summed E-state index contributed by atoms with van der Waals surface area (Å²) in [6, 6.07) is 17.0. The van der Waals surface area contributed by atoms with Gasteiger partial charge < -0.3 is 19.9 Å². The number of halogens is 1. The Morgan fingerprint density at radius 3 is 2.23 bits per heavy atom. The second-order valence-corrected chi connectivity index (χ2v) is 13.4. The Morgan fingerprint density at radius 1 is 0.923 bits per heavy atom. The first-order valence-electron chi connectivity index (χ1n) is 13.8. The Bertz CT molecular complexity index is 1450. The van der Waals surface area contributed by atoms with E-state index >= 15 is 0 Å². The minimum absolute atomic E-state index is 0.142. The summed E-state index contributed by atoms with van der Waals surface area (Å²) in [6.07, 6.45) is 7.90. The van der Waals surface area contributed by atoms with E-state index in [2.05, 4.69) is 31.3 Å². The lowest BCUT2D eigenvalue weighted by atomic mass is 9.39. The third kappa shape index (κ3) is 4.75. The summed E-state index contributed by atoms with van der Waals surface area (Å²) in [5.74, 6) is 1.61. The number of aryl methyl sites for hydroxylation is 1. The van der Waals surface area contributed by atoms with Gasteiger partial charge in [-0.25, -0.2) is 4.79 Å². The van der Waals surface area contributed by atoms with Crippen LogP contribution in [-0.2, 0) is 5.41 Å². The lowest BCUT2D eigenvalue weighted by Gasteiger charge is -2.65. The molecular weight excluding hydrogens is 510 g/mol. The second-order valence-electron chi connectivity index (χ2n) is 13.0. The maximum atomic E-state index is 11.8. The van der Waals surface area contributed by atoms with Gasteiger partial charge in [0.15, 0.2) is 0 Å². The molecule has 4 bridgehead atoms. The Kier molecular flexibility index (Phi) is 6.14. The predicted molar refractivity (Wildman–Crippen MR) is 155 cm³/mol. The number of nitrogens with one attached hydrogen (secondary N) is 1. The van der Waals surface area contributed by atoms with Gasteiger partial charge in [-0.15, -0.1) is 0 Å². The average Bonchev–Trinajstić information content (AvgIpc) is 2.84. The fourth-order valence-electron chi connectivity index (χ4n) is 8.73. The second kappa shape index (κ2) is 9.19. The van der Waals surface area contributed by atoms with Crippen molar-refractivity contribution in [3.05, 3.63) is 76.3 Å². The minimum Gasteiger partial charge on any atom is -0.497 e.